The average molecular weight is 256 g/mol. The number of aromatic nitrogens is 2. The fourth-order valence-electron chi connectivity index (χ4n) is 3.00. The molecular formula is C15H16N2O2. The Bertz CT molecular complexity index is 567. The van der Waals surface area contributed by atoms with E-state index in [9.17, 15) is 9.90 Å². The number of aromatic amines is 1. The maximum Gasteiger partial charge on any atom is 0.314 e. The number of hydrogen-bond acceptors (Lipinski definition) is 2. The summed E-state index contributed by atoms with van der Waals surface area (Å²) in [6, 6.07) is 7.84. The van der Waals surface area contributed by atoms with Crippen molar-refractivity contribution in [1.82, 2.24) is 10.2 Å². The maximum atomic E-state index is 11.6. The minimum atomic E-state index is -0.693. The van der Waals surface area contributed by atoms with Crippen molar-refractivity contribution in [3.63, 3.8) is 0 Å². The van der Waals surface area contributed by atoms with Crippen LogP contribution in [0.25, 0.3) is 11.1 Å². The molecule has 1 saturated carbocycles. The Kier molecular flexibility index (Phi) is 2.85. The number of rotatable bonds is 3. The van der Waals surface area contributed by atoms with Gasteiger partial charge in [-0.05, 0) is 24.0 Å². The van der Waals surface area contributed by atoms with Crippen LogP contribution in [0.15, 0.2) is 36.7 Å². The van der Waals surface area contributed by atoms with Crippen molar-refractivity contribution >= 4 is 5.97 Å². The van der Waals surface area contributed by atoms with Crippen molar-refractivity contribution in [2.75, 3.05) is 0 Å². The van der Waals surface area contributed by atoms with E-state index in [4.69, 9.17) is 0 Å². The van der Waals surface area contributed by atoms with Crippen molar-refractivity contribution in [3.05, 3.63) is 42.2 Å². The second kappa shape index (κ2) is 4.53. The van der Waals surface area contributed by atoms with Gasteiger partial charge in [0.25, 0.3) is 0 Å². The van der Waals surface area contributed by atoms with Crippen LogP contribution >= 0.6 is 0 Å². The van der Waals surface area contributed by atoms with Crippen LogP contribution in [0.4, 0.5) is 0 Å². The van der Waals surface area contributed by atoms with Gasteiger partial charge >= 0.3 is 5.97 Å². The lowest BCUT2D eigenvalue weighted by atomic mass is 9.78. The SMILES string of the molecule is O=C(O)C1(c2ccc(-c3cn[nH]c3)cc2)CCCC1. The first-order chi connectivity index (χ1) is 9.22. The van der Waals surface area contributed by atoms with Gasteiger partial charge in [-0.15, -0.1) is 0 Å². The van der Waals surface area contributed by atoms with E-state index < -0.39 is 11.4 Å². The van der Waals surface area contributed by atoms with Crippen LogP contribution in [0, 0.1) is 0 Å². The van der Waals surface area contributed by atoms with Crippen molar-refractivity contribution in [2.24, 2.45) is 0 Å². The Morgan fingerprint density at radius 1 is 1.16 bits per heavy atom. The summed E-state index contributed by atoms with van der Waals surface area (Å²) in [5.41, 5.74) is 2.32. The van der Waals surface area contributed by atoms with Gasteiger partial charge in [-0.3, -0.25) is 9.89 Å². The molecule has 2 N–H and O–H groups in total. The Labute approximate surface area is 111 Å². The van der Waals surface area contributed by atoms with Gasteiger partial charge < -0.3 is 5.11 Å². The first kappa shape index (κ1) is 12.0. The number of benzene rings is 1. The second-order valence-electron chi connectivity index (χ2n) is 5.16. The van der Waals surface area contributed by atoms with E-state index in [1.165, 1.54) is 0 Å². The molecule has 0 radical (unpaired) electrons. The molecule has 1 heterocycles. The molecule has 0 atom stereocenters. The van der Waals surface area contributed by atoms with Crippen molar-refractivity contribution in [1.29, 1.82) is 0 Å². The molecular weight excluding hydrogens is 240 g/mol. The van der Waals surface area contributed by atoms with Crippen LogP contribution < -0.4 is 0 Å². The zero-order valence-electron chi connectivity index (χ0n) is 10.6. The monoisotopic (exact) mass is 256 g/mol. The fourth-order valence-corrected chi connectivity index (χ4v) is 3.00. The molecule has 1 aromatic heterocycles. The largest absolute Gasteiger partial charge is 0.481 e. The van der Waals surface area contributed by atoms with Gasteiger partial charge in [0.1, 0.15) is 0 Å². The van der Waals surface area contributed by atoms with Crippen LogP contribution in [-0.4, -0.2) is 21.3 Å². The Balaban J connectivity index is 1.96. The third-order valence-corrected chi connectivity index (χ3v) is 4.14. The number of hydrogen-bond donors (Lipinski definition) is 2. The molecule has 1 aromatic carbocycles. The van der Waals surface area contributed by atoms with Crippen molar-refractivity contribution in [3.8, 4) is 11.1 Å². The summed E-state index contributed by atoms with van der Waals surface area (Å²) in [6.45, 7) is 0. The van der Waals surface area contributed by atoms with Crippen molar-refractivity contribution in [2.45, 2.75) is 31.1 Å². The van der Waals surface area contributed by atoms with Gasteiger partial charge in [0, 0.05) is 11.8 Å². The number of carboxylic acids is 1. The van der Waals surface area contributed by atoms with E-state index in [-0.39, 0.29) is 0 Å². The summed E-state index contributed by atoms with van der Waals surface area (Å²) < 4.78 is 0. The number of carboxylic acid groups (broad SMARTS) is 1. The molecule has 1 aliphatic rings. The standard InChI is InChI=1S/C15H16N2O2/c18-14(19)15(7-1-2-8-15)13-5-3-11(4-6-13)12-9-16-17-10-12/h3-6,9-10H,1-2,7-8H2,(H,16,17)(H,18,19). The fraction of sp³-hybridized carbons (Fsp3) is 0.333. The molecule has 4 nitrogen and oxygen atoms in total. The Hall–Kier alpha value is -2.10. The highest BCUT2D eigenvalue weighted by molar-refractivity contribution is 5.82. The van der Waals surface area contributed by atoms with E-state index in [0.29, 0.717) is 0 Å². The van der Waals surface area contributed by atoms with E-state index in [2.05, 4.69) is 10.2 Å². The second-order valence-corrected chi connectivity index (χ2v) is 5.16. The lowest BCUT2D eigenvalue weighted by Crippen LogP contribution is -2.32. The van der Waals surface area contributed by atoms with Crippen LogP contribution in [0.2, 0.25) is 0 Å². The molecule has 0 amide bonds. The van der Waals surface area contributed by atoms with Crippen LogP contribution in [0.3, 0.4) is 0 Å². The highest BCUT2D eigenvalue weighted by Crippen LogP contribution is 2.41. The van der Waals surface area contributed by atoms with Gasteiger partial charge in [-0.1, -0.05) is 37.1 Å². The summed E-state index contributed by atoms with van der Waals surface area (Å²) in [5.74, 6) is -0.693. The number of H-pyrrole nitrogens is 1. The van der Waals surface area contributed by atoms with Crippen LogP contribution in [0.5, 0.6) is 0 Å². The molecule has 0 saturated heterocycles. The molecule has 1 fully saturated rings. The third kappa shape index (κ3) is 1.93. The summed E-state index contributed by atoms with van der Waals surface area (Å²) in [4.78, 5) is 11.6. The molecule has 4 heteroatoms. The quantitative estimate of drug-likeness (QED) is 0.887. The number of aliphatic carboxylic acids is 1. The summed E-state index contributed by atoms with van der Waals surface area (Å²) >= 11 is 0. The molecule has 1 aliphatic carbocycles. The number of nitrogens with zero attached hydrogens (tertiary/aromatic N) is 1. The molecule has 2 aromatic rings. The van der Waals surface area contributed by atoms with Gasteiger partial charge in [-0.2, -0.15) is 5.10 Å². The van der Waals surface area contributed by atoms with Crippen molar-refractivity contribution < 1.29 is 9.90 Å². The predicted molar refractivity (Wildman–Crippen MR) is 71.8 cm³/mol. The summed E-state index contributed by atoms with van der Waals surface area (Å²) in [5, 5.41) is 16.3. The van der Waals surface area contributed by atoms with E-state index in [1.807, 2.05) is 30.5 Å². The van der Waals surface area contributed by atoms with Gasteiger partial charge in [0.05, 0.1) is 11.6 Å². The lowest BCUT2D eigenvalue weighted by molar-refractivity contribution is -0.143. The van der Waals surface area contributed by atoms with Gasteiger partial charge in [0.15, 0.2) is 0 Å². The molecule has 0 bridgehead atoms. The minimum absolute atomic E-state index is 0.672. The minimum Gasteiger partial charge on any atom is -0.481 e. The first-order valence-corrected chi connectivity index (χ1v) is 6.55. The zero-order chi connectivity index (χ0) is 13.3. The lowest BCUT2D eigenvalue weighted by Gasteiger charge is -2.24. The average Bonchev–Trinajstić information content (AvgIpc) is 3.11. The Morgan fingerprint density at radius 2 is 1.84 bits per heavy atom. The van der Waals surface area contributed by atoms with E-state index in [0.717, 1.165) is 42.4 Å². The smallest absolute Gasteiger partial charge is 0.314 e. The maximum absolute atomic E-state index is 11.6. The number of carbonyl (C=O) groups is 1. The summed E-state index contributed by atoms with van der Waals surface area (Å²) in [7, 11) is 0. The normalized spacial score (nSPS) is 17.5. The molecule has 0 aliphatic heterocycles. The van der Waals surface area contributed by atoms with E-state index in [1.54, 1.807) is 6.20 Å². The molecule has 3 rings (SSSR count). The topological polar surface area (TPSA) is 66.0 Å². The zero-order valence-corrected chi connectivity index (χ0v) is 10.6. The van der Waals surface area contributed by atoms with E-state index >= 15 is 0 Å². The molecule has 0 unspecified atom stereocenters. The molecule has 19 heavy (non-hydrogen) atoms. The highest BCUT2D eigenvalue weighted by Gasteiger charge is 2.42. The molecule has 98 valence electrons. The summed E-state index contributed by atoms with van der Waals surface area (Å²) in [6.07, 6.45) is 7.07. The van der Waals surface area contributed by atoms with Gasteiger partial charge in [-0.25, -0.2) is 0 Å². The predicted octanol–water partition coefficient (Wildman–Crippen LogP) is 2.97. The first-order valence-electron chi connectivity index (χ1n) is 6.55. The van der Waals surface area contributed by atoms with Crippen LogP contribution in [-0.2, 0) is 10.2 Å². The Morgan fingerprint density at radius 3 is 2.37 bits per heavy atom. The third-order valence-electron chi connectivity index (χ3n) is 4.14. The highest BCUT2D eigenvalue weighted by atomic mass is 16.4. The van der Waals surface area contributed by atoms with Gasteiger partial charge in [0.2, 0.25) is 0 Å². The number of nitrogens with one attached hydrogen (secondary N) is 1. The van der Waals surface area contributed by atoms with Crippen LogP contribution in [0.1, 0.15) is 31.2 Å². The molecule has 0 spiro atoms.